The fraction of sp³-hybridized carbons (Fsp3) is 0.606. The minimum atomic E-state index is 0.0752. The van der Waals surface area contributed by atoms with Gasteiger partial charge in [-0.1, -0.05) is 164 Å². The molecular weight excluding hydrogens is 440 g/mol. The van der Waals surface area contributed by atoms with E-state index in [1.807, 2.05) is 60.7 Å². The Morgan fingerprint density at radius 2 is 0.750 bits per heavy atom. The number of unbranched alkanes of at least 4 members (excludes halogenated alkanes) is 14. The molecule has 0 unspecified atom stereocenters. The first-order valence-electron chi connectivity index (χ1n) is 14.8. The van der Waals surface area contributed by atoms with Crippen LogP contribution >= 0.6 is 0 Å². The molecule has 36 heavy (non-hydrogen) atoms. The van der Waals surface area contributed by atoms with Crippen molar-refractivity contribution >= 4 is 5.78 Å². The quantitative estimate of drug-likeness (QED) is 0.160. The third-order valence-corrected chi connectivity index (χ3v) is 6.19. The summed E-state index contributed by atoms with van der Waals surface area (Å²) in [5, 5.41) is 0. The summed E-state index contributed by atoms with van der Waals surface area (Å²) in [6.07, 6.45) is 22.0. The van der Waals surface area contributed by atoms with Gasteiger partial charge in [-0.25, -0.2) is 0 Å². The third-order valence-electron chi connectivity index (χ3n) is 6.19. The average Bonchev–Trinajstić information content (AvgIpc) is 2.93. The summed E-state index contributed by atoms with van der Waals surface area (Å²) >= 11 is 0. The van der Waals surface area contributed by atoms with Gasteiger partial charge in [0.15, 0.2) is 5.78 Å². The molecule has 0 aromatic heterocycles. The molecule has 2 aromatic rings. The zero-order valence-electron chi connectivity index (χ0n) is 23.6. The van der Waals surface area contributed by atoms with Crippen molar-refractivity contribution in [1.82, 2.24) is 0 Å². The lowest BCUT2D eigenvalue weighted by Gasteiger charge is -1.99. The molecule has 4 N–H and O–H groups in total. The van der Waals surface area contributed by atoms with Gasteiger partial charge in [0.25, 0.3) is 0 Å². The molecular formula is C33H56N2O. The number of rotatable bonds is 18. The highest BCUT2D eigenvalue weighted by molar-refractivity contribution is 6.08. The molecule has 3 heteroatoms. The second-order valence-electron chi connectivity index (χ2n) is 9.59. The number of benzene rings is 2. The van der Waals surface area contributed by atoms with Gasteiger partial charge in [-0.15, -0.1) is 0 Å². The van der Waals surface area contributed by atoms with Crippen molar-refractivity contribution in [1.29, 1.82) is 0 Å². The Balaban J connectivity index is 0.000000519. The van der Waals surface area contributed by atoms with Crippen LogP contribution in [0.1, 0.15) is 133 Å². The molecule has 3 nitrogen and oxygen atoms in total. The van der Waals surface area contributed by atoms with Gasteiger partial charge in [-0.05, 0) is 25.9 Å². The van der Waals surface area contributed by atoms with Crippen LogP contribution < -0.4 is 11.5 Å². The number of hydrogen-bond donors (Lipinski definition) is 2. The van der Waals surface area contributed by atoms with Crippen LogP contribution in [0, 0.1) is 0 Å². The minimum absolute atomic E-state index is 0.0752. The molecule has 0 fully saturated rings. The van der Waals surface area contributed by atoms with E-state index in [1.165, 1.54) is 103 Å². The van der Waals surface area contributed by atoms with Crippen LogP contribution in [-0.2, 0) is 0 Å². The Hall–Kier alpha value is -1.97. The minimum Gasteiger partial charge on any atom is -0.330 e. The van der Waals surface area contributed by atoms with Crippen molar-refractivity contribution in [2.24, 2.45) is 11.5 Å². The number of carbonyl (C=O) groups excluding carboxylic acids is 1. The summed E-state index contributed by atoms with van der Waals surface area (Å²) in [4.78, 5) is 11.8. The van der Waals surface area contributed by atoms with Gasteiger partial charge in [0, 0.05) is 11.1 Å². The van der Waals surface area contributed by atoms with Crippen molar-refractivity contribution in [3.05, 3.63) is 71.8 Å². The normalized spacial score (nSPS) is 10.1. The molecule has 2 aromatic carbocycles. The Labute approximate surface area is 223 Å². The average molecular weight is 497 g/mol. The van der Waals surface area contributed by atoms with Crippen LogP contribution in [0.4, 0.5) is 0 Å². The molecule has 0 saturated heterocycles. The molecule has 0 spiro atoms. The Kier molecular flexibility index (Phi) is 26.1. The molecule has 0 heterocycles. The van der Waals surface area contributed by atoms with Gasteiger partial charge in [0.05, 0.1) is 0 Å². The SMILES string of the molecule is CCCCCCCCCCN.CCCCCCCCCCN.O=C(c1ccccc1)c1ccccc1. The number of hydrogen-bond acceptors (Lipinski definition) is 3. The predicted molar refractivity (Wildman–Crippen MR) is 160 cm³/mol. The molecule has 204 valence electrons. The Morgan fingerprint density at radius 1 is 0.472 bits per heavy atom. The third kappa shape index (κ3) is 21.3. The van der Waals surface area contributed by atoms with Gasteiger partial charge >= 0.3 is 0 Å². The highest BCUT2D eigenvalue weighted by atomic mass is 16.1. The zero-order valence-corrected chi connectivity index (χ0v) is 23.6. The zero-order chi connectivity index (χ0) is 26.5. The first-order valence-corrected chi connectivity index (χ1v) is 14.8. The van der Waals surface area contributed by atoms with Crippen LogP contribution in [0.2, 0.25) is 0 Å². The highest BCUT2D eigenvalue weighted by Gasteiger charge is 2.06. The molecule has 0 aliphatic carbocycles. The van der Waals surface area contributed by atoms with Crippen LogP contribution in [-0.4, -0.2) is 18.9 Å². The summed E-state index contributed by atoms with van der Waals surface area (Å²) < 4.78 is 0. The lowest BCUT2D eigenvalue weighted by molar-refractivity contribution is 0.103. The smallest absolute Gasteiger partial charge is 0.193 e. The second kappa shape index (κ2) is 27.6. The molecule has 0 amide bonds. The molecule has 2 rings (SSSR count). The van der Waals surface area contributed by atoms with Gasteiger partial charge in [-0.2, -0.15) is 0 Å². The number of nitrogens with two attached hydrogens (primary N) is 2. The van der Waals surface area contributed by atoms with Crippen molar-refractivity contribution in [2.75, 3.05) is 13.1 Å². The van der Waals surface area contributed by atoms with Crippen LogP contribution in [0.25, 0.3) is 0 Å². The molecule has 0 radical (unpaired) electrons. The molecule has 0 aliphatic rings. The van der Waals surface area contributed by atoms with E-state index in [0.717, 1.165) is 24.2 Å². The van der Waals surface area contributed by atoms with E-state index in [0.29, 0.717) is 0 Å². The largest absolute Gasteiger partial charge is 0.330 e. The summed E-state index contributed by atoms with van der Waals surface area (Å²) in [6.45, 7) is 6.26. The van der Waals surface area contributed by atoms with Gasteiger partial charge in [-0.3, -0.25) is 4.79 Å². The predicted octanol–water partition coefficient (Wildman–Crippen LogP) is 9.09. The highest BCUT2D eigenvalue weighted by Crippen LogP contribution is 2.09. The first kappa shape index (κ1) is 34.0. The maximum atomic E-state index is 11.8. The lowest BCUT2D eigenvalue weighted by atomic mass is 10.0. The monoisotopic (exact) mass is 496 g/mol. The van der Waals surface area contributed by atoms with Gasteiger partial charge in [0.2, 0.25) is 0 Å². The van der Waals surface area contributed by atoms with Crippen molar-refractivity contribution in [3.8, 4) is 0 Å². The van der Waals surface area contributed by atoms with Gasteiger partial charge < -0.3 is 11.5 Å². The topological polar surface area (TPSA) is 69.1 Å². The summed E-state index contributed by atoms with van der Waals surface area (Å²) in [7, 11) is 0. The number of ketones is 1. The van der Waals surface area contributed by atoms with Crippen molar-refractivity contribution in [2.45, 2.75) is 117 Å². The van der Waals surface area contributed by atoms with E-state index < -0.39 is 0 Å². The summed E-state index contributed by atoms with van der Waals surface area (Å²) in [5.74, 6) is 0.0752. The standard InChI is InChI=1S/C13H10O.2C10H23N/c14-13(11-7-3-1-4-8-11)12-9-5-2-6-10-12;2*1-2-3-4-5-6-7-8-9-10-11/h1-10H;2*2-11H2,1H3. The summed E-state index contributed by atoms with van der Waals surface area (Å²) in [6, 6.07) is 18.6. The van der Waals surface area contributed by atoms with Gasteiger partial charge in [0.1, 0.15) is 0 Å². The second-order valence-corrected chi connectivity index (χ2v) is 9.59. The maximum Gasteiger partial charge on any atom is 0.193 e. The molecule has 0 atom stereocenters. The van der Waals surface area contributed by atoms with Crippen molar-refractivity contribution in [3.63, 3.8) is 0 Å². The number of carbonyl (C=O) groups is 1. The van der Waals surface area contributed by atoms with E-state index in [-0.39, 0.29) is 5.78 Å². The summed E-state index contributed by atoms with van der Waals surface area (Å²) in [5.41, 5.74) is 12.3. The Bertz CT molecular complexity index is 612. The Morgan fingerprint density at radius 3 is 1.03 bits per heavy atom. The van der Waals surface area contributed by atoms with E-state index in [1.54, 1.807) is 0 Å². The van der Waals surface area contributed by atoms with E-state index in [9.17, 15) is 4.79 Å². The van der Waals surface area contributed by atoms with E-state index >= 15 is 0 Å². The van der Waals surface area contributed by atoms with E-state index in [4.69, 9.17) is 11.5 Å². The molecule has 0 bridgehead atoms. The fourth-order valence-corrected chi connectivity index (χ4v) is 3.90. The molecule has 0 aliphatic heterocycles. The molecule has 0 saturated carbocycles. The maximum absolute atomic E-state index is 11.8. The van der Waals surface area contributed by atoms with E-state index in [2.05, 4.69) is 13.8 Å². The van der Waals surface area contributed by atoms with Crippen LogP contribution in [0.3, 0.4) is 0 Å². The van der Waals surface area contributed by atoms with Crippen LogP contribution in [0.15, 0.2) is 60.7 Å². The van der Waals surface area contributed by atoms with Crippen molar-refractivity contribution < 1.29 is 4.79 Å². The fourth-order valence-electron chi connectivity index (χ4n) is 3.90. The first-order chi connectivity index (χ1) is 17.7. The van der Waals surface area contributed by atoms with Crippen LogP contribution in [0.5, 0.6) is 0 Å². The lowest BCUT2D eigenvalue weighted by Crippen LogP contribution is -1.99.